The highest BCUT2D eigenvalue weighted by Crippen LogP contribution is 2.33. The third-order valence-corrected chi connectivity index (χ3v) is 3.23. The largest absolute Gasteiger partial charge is 0.394 e. The van der Waals surface area contributed by atoms with Crippen molar-refractivity contribution in [2.75, 3.05) is 32.9 Å². The van der Waals surface area contributed by atoms with Crippen LogP contribution in [0.5, 0.6) is 0 Å². The first kappa shape index (κ1) is 12.6. The van der Waals surface area contributed by atoms with Gasteiger partial charge < -0.3 is 15.2 Å². The van der Waals surface area contributed by atoms with Crippen LogP contribution >= 0.6 is 0 Å². The van der Waals surface area contributed by atoms with E-state index in [1.807, 2.05) is 0 Å². The third kappa shape index (κ3) is 3.53. The summed E-state index contributed by atoms with van der Waals surface area (Å²) >= 11 is 0. The van der Waals surface area contributed by atoms with Gasteiger partial charge in [0.1, 0.15) is 0 Å². The van der Waals surface area contributed by atoms with Gasteiger partial charge in [0, 0.05) is 19.1 Å². The Kier molecular flexibility index (Phi) is 4.98. The third-order valence-electron chi connectivity index (χ3n) is 3.23. The van der Waals surface area contributed by atoms with Crippen molar-refractivity contribution < 1.29 is 9.84 Å². The molecule has 0 fully saturated rings. The van der Waals surface area contributed by atoms with Gasteiger partial charge in [0.15, 0.2) is 0 Å². The second-order valence-electron chi connectivity index (χ2n) is 4.49. The first-order chi connectivity index (χ1) is 8.42. The van der Waals surface area contributed by atoms with Gasteiger partial charge >= 0.3 is 0 Å². The summed E-state index contributed by atoms with van der Waals surface area (Å²) < 4.78 is 5.20. The summed E-state index contributed by atoms with van der Waals surface area (Å²) in [6.45, 7) is 3.36. The Morgan fingerprint density at radius 2 is 2.18 bits per heavy atom. The Morgan fingerprint density at radius 3 is 3.00 bits per heavy atom. The standard InChI is InChI=1S/C14H21NO2/c16-7-9-17-8-3-6-15-11-13-10-12-4-1-2-5-14(12)13/h1-2,4-5,13,15-16H,3,6-11H2. The highest BCUT2D eigenvalue weighted by molar-refractivity contribution is 5.40. The van der Waals surface area contributed by atoms with E-state index >= 15 is 0 Å². The summed E-state index contributed by atoms with van der Waals surface area (Å²) in [5, 5.41) is 12.0. The van der Waals surface area contributed by atoms with E-state index < -0.39 is 0 Å². The molecule has 1 aromatic carbocycles. The minimum atomic E-state index is 0.117. The van der Waals surface area contributed by atoms with E-state index in [0.29, 0.717) is 12.5 Å². The minimum Gasteiger partial charge on any atom is -0.394 e. The van der Waals surface area contributed by atoms with Gasteiger partial charge in [-0.15, -0.1) is 0 Å². The second kappa shape index (κ2) is 6.74. The highest BCUT2D eigenvalue weighted by atomic mass is 16.5. The maximum absolute atomic E-state index is 8.53. The summed E-state index contributed by atoms with van der Waals surface area (Å²) in [5.41, 5.74) is 3.02. The zero-order valence-electron chi connectivity index (χ0n) is 10.2. The maximum Gasteiger partial charge on any atom is 0.0697 e. The van der Waals surface area contributed by atoms with Crippen LogP contribution in [0.15, 0.2) is 24.3 Å². The average molecular weight is 235 g/mol. The van der Waals surface area contributed by atoms with Crippen LogP contribution < -0.4 is 5.32 Å². The van der Waals surface area contributed by atoms with Crippen molar-refractivity contribution in [1.82, 2.24) is 5.32 Å². The molecule has 0 spiro atoms. The van der Waals surface area contributed by atoms with Crippen LogP contribution in [-0.4, -0.2) is 38.0 Å². The number of hydrogen-bond acceptors (Lipinski definition) is 3. The number of ether oxygens (including phenoxy) is 1. The molecule has 0 saturated carbocycles. The smallest absolute Gasteiger partial charge is 0.0697 e. The minimum absolute atomic E-state index is 0.117. The van der Waals surface area contributed by atoms with Gasteiger partial charge in [0.05, 0.1) is 13.2 Å². The number of fused-ring (bicyclic) bond motifs is 1. The van der Waals surface area contributed by atoms with Crippen molar-refractivity contribution in [1.29, 1.82) is 0 Å². The van der Waals surface area contributed by atoms with Crippen LogP contribution in [0.2, 0.25) is 0 Å². The lowest BCUT2D eigenvalue weighted by molar-refractivity contribution is 0.0907. The summed E-state index contributed by atoms with van der Waals surface area (Å²) in [6.07, 6.45) is 2.22. The molecule has 1 unspecified atom stereocenters. The first-order valence-electron chi connectivity index (χ1n) is 6.39. The molecule has 0 saturated heterocycles. The van der Waals surface area contributed by atoms with Crippen molar-refractivity contribution in [3.05, 3.63) is 35.4 Å². The van der Waals surface area contributed by atoms with Gasteiger partial charge in [-0.2, -0.15) is 0 Å². The van der Waals surface area contributed by atoms with E-state index in [0.717, 1.165) is 26.1 Å². The molecular formula is C14H21NO2. The fraction of sp³-hybridized carbons (Fsp3) is 0.571. The molecule has 94 valence electrons. The number of aliphatic hydroxyl groups is 1. The lowest BCUT2D eigenvalue weighted by Gasteiger charge is -2.30. The monoisotopic (exact) mass is 235 g/mol. The highest BCUT2D eigenvalue weighted by Gasteiger charge is 2.24. The number of benzene rings is 1. The fourth-order valence-corrected chi connectivity index (χ4v) is 2.29. The van der Waals surface area contributed by atoms with Crippen LogP contribution in [0, 0.1) is 0 Å². The number of aliphatic hydroxyl groups excluding tert-OH is 1. The quantitative estimate of drug-likeness (QED) is 0.668. The molecule has 0 aromatic heterocycles. The molecule has 1 aliphatic carbocycles. The molecule has 2 rings (SSSR count). The Balaban J connectivity index is 1.53. The van der Waals surface area contributed by atoms with Crippen LogP contribution in [0.1, 0.15) is 23.5 Å². The lowest BCUT2D eigenvalue weighted by atomic mass is 9.77. The van der Waals surface area contributed by atoms with E-state index in [1.54, 1.807) is 0 Å². The van der Waals surface area contributed by atoms with Crippen LogP contribution in [-0.2, 0) is 11.2 Å². The van der Waals surface area contributed by atoms with Crippen molar-refractivity contribution in [2.45, 2.75) is 18.8 Å². The van der Waals surface area contributed by atoms with E-state index in [-0.39, 0.29) is 6.61 Å². The Morgan fingerprint density at radius 1 is 1.29 bits per heavy atom. The van der Waals surface area contributed by atoms with Crippen LogP contribution in [0.4, 0.5) is 0 Å². The molecule has 17 heavy (non-hydrogen) atoms. The zero-order valence-corrected chi connectivity index (χ0v) is 10.2. The summed E-state index contributed by atoms with van der Waals surface area (Å²) in [4.78, 5) is 0. The Bertz CT molecular complexity index is 341. The van der Waals surface area contributed by atoms with Crippen molar-refractivity contribution in [3.63, 3.8) is 0 Å². The van der Waals surface area contributed by atoms with Gasteiger partial charge in [-0.25, -0.2) is 0 Å². The summed E-state index contributed by atoms with van der Waals surface area (Å²) in [7, 11) is 0. The second-order valence-corrected chi connectivity index (χ2v) is 4.49. The van der Waals surface area contributed by atoms with E-state index in [1.165, 1.54) is 17.5 Å². The Labute approximate surface area is 103 Å². The molecule has 1 atom stereocenters. The van der Waals surface area contributed by atoms with E-state index in [2.05, 4.69) is 29.6 Å². The number of nitrogens with one attached hydrogen (secondary N) is 1. The van der Waals surface area contributed by atoms with Gasteiger partial charge in [0.25, 0.3) is 0 Å². The maximum atomic E-state index is 8.53. The van der Waals surface area contributed by atoms with Crippen LogP contribution in [0.3, 0.4) is 0 Å². The average Bonchev–Trinajstić information content (AvgIpc) is 2.33. The zero-order chi connectivity index (χ0) is 11.9. The first-order valence-corrected chi connectivity index (χ1v) is 6.39. The predicted octanol–water partition coefficient (Wildman–Crippen LogP) is 1.31. The summed E-state index contributed by atoms with van der Waals surface area (Å²) in [6, 6.07) is 8.68. The van der Waals surface area contributed by atoms with E-state index in [9.17, 15) is 0 Å². The SMILES string of the molecule is OCCOCCCNCC1Cc2ccccc21. The van der Waals surface area contributed by atoms with Gasteiger partial charge in [-0.3, -0.25) is 0 Å². The van der Waals surface area contributed by atoms with Crippen molar-refractivity contribution >= 4 is 0 Å². The van der Waals surface area contributed by atoms with Gasteiger partial charge in [-0.1, -0.05) is 24.3 Å². The number of rotatable bonds is 8. The van der Waals surface area contributed by atoms with Crippen LogP contribution in [0.25, 0.3) is 0 Å². The van der Waals surface area contributed by atoms with Gasteiger partial charge in [-0.05, 0) is 30.5 Å². The molecule has 0 heterocycles. The molecule has 0 bridgehead atoms. The molecule has 1 aromatic rings. The lowest BCUT2D eigenvalue weighted by Crippen LogP contribution is -2.30. The molecule has 0 radical (unpaired) electrons. The van der Waals surface area contributed by atoms with Gasteiger partial charge in [0.2, 0.25) is 0 Å². The molecule has 0 aliphatic heterocycles. The molecule has 0 amide bonds. The summed E-state index contributed by atoms with van der Waals surface area (Å²) in [5.74, 6) is 0.699. The fourth-order valence-electron chi connectivity index (χ4n) is 2.29. The predicted molar refractivity (Wildman–Crippen MR) is 68.3 cm³/mol. The molecular weight excluding hydrogens is 214 g/mol. The molecule has 3 heteroatoms. The molecule has 3 nitrogen and oxygen atoms in total. The Hall–Kier alpha value is -0.900. The van der Waals surface area contributed by atoms with Crippen molar-refractivity contribution in [2.24, 2.45) is 0 Å². The number of hydrogen-bond donors (Lipinski definition) is 2. The topological polar surface area (TPSA) is 41.5 Å². The normalized spacial score (nSPS) is 17.6. The molecule has 1 aliphatic rings. The molecule has 2 N–H and O–H groups in total. The van der Waals surface area contributed by atoms with Crippen molar-refractivity contribution in [3.8, 4) is 0 Å². The van der Waals surface area contributed by atoms with E-state index in [4.69, 9.17) is 9.84 Å².